The van der Waals surface area contributed by atoms with E-state index in [0.717, 1.165) is 6.42 Å². The maximum Gasteiger partial charge on any atom is 0.253 e. The Morgan fingerprint density at radius 3 is 1.65 bits per heavy atom. The zero-order chi connectivity index (χ0) is 40.6. The largest absolute Gasteiger partial charge is 0.380 e. The predicted octanol–water partition coefficient (Wildman–Crippen LogP) is 3.42. The average Bonchev–Trinajstić information content (AvgIpc) is 3.12. The fourth-order valence-corrected chi connectivity index (χ4v) is 7.96. The first-order valence-corrected chi connectivity index (χ1v) is 20.3. The highest BCUT2D eigenvalue weighted by molar-refractivity contribution is 5.90. The molecule has 3 aliphatic rings. The van der Waals surface area contributed by atoms with Crippen LogP contribution < -0.4 is 16.0 Å². The highest BCUT2D eigenvalue weighted by Crippen LogP contribution is 2.42. The monoisotopic (exact) mass is 772 g/mol. The van der Waals surface area contributed by atoms with E-state index in [9.17, 15) is 24.6 Å². The standard InChI is InChI=1S/C40H73N3O11/c1-19(2)14-30-24(8)21(5)27(11)38(52-30)49-16-32-26(10)23(7)29(15-33(44)42-18-43-37(48)35(46)34(45)36(47)41-13)40(54-32)50-17-31-25(9)22(6)28(12)39(53-31)51-20(3)4/h19-32,34-35,38-40,45-46H,14-18H2,1-13H3,(H,41,47)(H,42,44)(H,43,48). The molecule has 0 aromatic carbocycles. The Labute approximate surface area is 323 Å². The van der Waals surface area contributed by atoms with E-state index in [-0.39, 0.29) is 98.1 Å². The molecule has 5 N–H and O–H groups in total. The van der Waals surface area contributed by atoms with Crippen LogP contribution in [-0.4, -0.2) is 110 Å². The molecule has 3 fully saturated rings. The van der Waals surface area contributed by atoms with Crippen LogP contribution in [0.3, 0.4) is 0 Å². The lowest BCUT2D eigenvalue weighted by Gasteiger charge is -2.47. The van der Waals surface area contributed by atoms with Crippen LogP contribution in [0.15, 0.2) is 0 Å². The van der Waals surface area contributed by atoms with E-state index in [1.54, 1.807) is 0 Å². The lowest BCUT2D eigenvalue weighted by molar-refractivity contribution is -0.308. The molecule has 0 aromatic heterocycles. The second-order valence-corrected chi connectivity index (χ2v) is 17.2. The highest BCUT2D eigenvalue weighted by atomic mass is 16.7. The van der Waals surface area contributed by atoms with Gasteiger partial charge in [-0.2, -0.15) is 0 Å². The molecule has 0 bridgehead atoms. The number of carbonyl (C=O) groups excluding carboxylic acids is 3. The van der Waals surface area contributed by atoms with Crippen molar-refractivity contribution in [2.75, 3.05) is 26.9 Å². The van der Waals surface area contributed by atoms with E-state index < -0.39 is 30.3 Å². The fraction of sp³-hybridized carbons (Fsp3) is 0.925. The molecule has 17 unspecified atom stereocenters. The van der Waals surface area contributed by atoms with E-state index in [1.807, 2.05) is 13.8 Å². The minimum absolute atomic E-state index is 0.0000440. The third-order valence-electron chi connectivity index (χ3n) is 12.7. The normalized spacial score (nSPS) is 38.5. The second kappa shape index (κ2) is 21.0. The number of hydrogen-bond acceptors (Lipinski definition) is 11. The zero-order valence-corrected chi connectivity index (χ0v) is 35.1. The number of aliphatic hydroxyl groups is 2. The average molecular weight is 772 g/mol. The molecule has 0 saturated carbocycles. The number of nitrogens with one attached hydrogen (secondary N) is 3. The summed E-state index contributed by atoms with van der Waals surface area (Å²) in [7, 11) is 1.27. The number of rotatable bonds is 17. The zero-order valence-electron chi connectivity index (χ0n) is 35.1. The van der Waals surface area contributed by atoms with Gasteiger partial charge in [0.1, 0.15) is 0 Å². The van der Waals surface area contributed by atoms with Crippen LogP contribution in [0.1, 0.15) is 95.9 Å². The summed E-state index contributed by atoms with van der Waals surface area (Å²) in [6, 6.07) is 0. The van der Waals surface area contributed by atoms with Crippen LogP contribution >= 0.6 is 0 Å². The van der Waals surface area contributed by atoms with Gasteiger partial charge in [0.05, 0.1) is 44.3 Å². The van der Waals surface area contributed by atoms with Crippen LogP contribution in [-0.2, 0) is 42.8 Å². The molecule has 14 nitrogen and oxygen atoms in total. The first-order chi connectivity index (χ1) is 25.3. The summed E-state index contributed by atoms with van der Waals surface area (Å²) >= 11 is 0. The predicted molar refractivity (Wildman–Crippen MR) is 202 cm³/mol. The van der Waals surface area contributed by atoms with Gasteiger partial charge in [-0.05, 0) is 61.7 Å². The maximum absolute atomic E-state index is 13.3. The van der Waals surface area contributed by atoms with Crippen molar-refractivity contribution < 1.29 is 53.0 Å². The molecule has 3 saturated heterocycles. The van der Waals surface area contributed by atoms with Gasteiger partial charge in [0.15, 0.2) is 31.1 Å². The first kappa shape index (κ1) is 46.5. The molecular formula is C40H73N3O11. The van der Waals surface area contributed by atoms with Gasteiger partial charge >= 0.3 is 0 Å². The molecule has 17 atom stereocenters. The minimum atomic E-state index is -2.00. The number of carbonyl (C=O) groups is 3. The van der Waals surface area contributed by atoms with Crippen molar-refractivity contribution in [2.45, 2.75) is 151 Å². The molecule has 3 amide bonds. The van der Waals surface area contributed by atoms with Crippen LogP contribution in [0.2, 0.25) is 0 Å². The first-order valence-electron chi connectivity index (χ1n) is 20.3. The molecule has 14 heteroatoms. The van der Waals surface area contributed by atoms with Crippen molar-refractivity contribution in [3.05, 3.63) is 0 Å². The molecule has 0 aromatic rings. The third-order valence-corrected chi connectivity index (χ3v) is 12.7. The summed E-state index contributed by atoms with van der Waals surface area (Å²) in [6.45, 7) is 26.1. The van der Waals surface area contributed by atoms with Crippen molar-refractivity contribution in [1.82, 2.24) is 16.0 Å². The Kier molecular flexibility index (Phi) is 18.1. The maximum atomic E-state index is 13.3. The Morgan fingerprint density at radius 1 is 0.611 bits per heavy atom. The van der Waals surface area contributed by atoms with Crippen LogP contribution in [0.25, 0.3) is 0 Å². The van der Waals surface area contributed by atoms with Crippen LogP contribution in [0, 0.1) is 59.2 Å². The smallest absolute Gasteiger partial charge is 0.253 e. The van der Waals surface area contributed by atoms with Crippen LogP contribution in [0.5, 0.6) is 0 Å². The van der Waals surface area contributed by atoms with E-state index in [0.29, 0.717) is 30.3 Å². The van der Waals surface area contributed by atoms with Crippen molar-refractivity contribution in [2.24, 2.45) is 59.2 Å². The summed E-state index contributed by atoms with van der Waals surface area (Å²) < 4.78 is 39.0. The van der Waals surface area contributed by atoms with Gasteiger partial charge in [-0.15, -0.1) is 0 Å². The highest BCUT2D eigenvalue weighted by Gasteiger charge is 2.46. The molecule has 314 valence electrons. The molecule has 3 heterocycles. The van der Waals surface area contributed by atoms with Crippen molar-refractivity contribution in [3.63, 3.8) is 0 Å². The van der Waals surface area contributed by atoms with Crippen molar-refractivity contribution >= 4 is 17.7 Å². The number of ether oxygens (including phenoxy) is 6. The molecule has 0 radical (unpaired) electrons. The Hall–Kier alpha value is -1.91. The minimum Gasteiger partial charge on any atom is -0.380 e. The second-order valence-electron chi connectivity index (χ2n) is 17.2. The van der Waals surface area contributed by atoms with Gasteiger partial charge in [0.2, 0.25) is 5.91 Å². The summed E-state index contributed by atoms with van der Waals surface area (Å²) in [5.41, 5.74) is 0. The van der Waals surface area contributed by atoms with Gasteiger partial charge in [-0.1, -0.05) is 69.2 Å². The summed E-state index contributed by atoms with van der Waals surface area (Å²) in [5.74, 6) is -0.401. The van der Waals surface area contributed by atoms with E-state index >= 15 is 0 Å². The summed E-state index contributed by atoms with van der Waals surface area (Å²) in [4.78, 5) is 37.2. The molecule has 0 spiro atoms. The van der Waals surface area contributed by atoms with Gasteiger partial charge in [0.25, 0.3) is 11.8 Å². The Morgan fingerprint density at radius 2 is 1.09 bits per heavy atom. The SMILES string of the molecule is CNC(=O)C(O)C(O)C(=O)NCNC(=O)CC1C(OCC2OC(OC(C)C)C(C)C(C)C2C)OC(COC2OC(CC(C)C)C(C)C(C)C2C)C(C)C1C. The molecular weight excluding hydrogens is 698 g/mol. The lowest BCUT2D eigenvalue weighted by atomic mass is 9.76. The number of hydrogen-bond donors (Lipinski definition) is 5. The van der Waals surface area contributed by atoms with Gasteiger partial charge in [-0.25, -0.2) is 0 Å². The third kappa shape index (κ3) is 12.0. The van der Waals surface area contributed by atoms with E-state index in [4.69, 9.17) is 28.4 Å². The summed E-state index contributed by atoms with van der Waals surface area (Å²) in [5, 5.41) is 27.0. The Balaban J connectivity index is 1.73. The summed E-state index contributed by atoms with van der Waals surface area (Å²) in [6.07, 6.45) is -4.90. The number of aliphatic hydroxyl groups excluding tert-OH is 2. The van der Waals surface area contributed by atoms with Gasteiger partial charge in [-0.3, -0.25) is 14.4 Å². The molecule has 54 heavy (non-hydrogen) atoms. The quantitative estimate of drug-likeness (QED) is 0.137. The number of likely N-dealkylation sites (N-methyl/N-ethyl adjacent to an activating group) is 1. The number of amides is 3. The van der Waals surface area contributed by atoms with Crippen molar-refractivity contribution in [1.29, 1.82) is 0 Å². The van der Waals surface area contributed by atoms with Crippen molar-refractivity contribution in [3.8, 4) is 0 Å². The topological polar surface area (TPSA) is 183 Å². The molecule has 3 rings (SSSR count). The lowest BCUT2D eigenvalue weighted by Crippen LogP contribution is -2.53. The van der Waals surface area contributed by atoms with Gasteiger partial charge in [0, 0.05) is 31.2 Å². The Bertz CT molecular complexity index is 1190. The fourth-order valence-electron chi connectivity index (χ4n) is 7.96. The van der Waals surface area contributed by atoms with E-state index in [1.165, 1.54) is 7.05 Å². The van der Waals surface area contributed by atoms with E-state index in [2.05, 4.69) is 85.2 Å². The molecule has 0 aliphatic carbocycles. The molecule has 3 aliphatic heterocycles. The van der Waals surface area contributed by atoms with Gasteiger partial charge < -0.3 is 54.6 Å². The van der Waals surface area contributed by atoms with Crippen LogP contribution in [0.4, 0.5) is 0 Å².